The molecule has 84 valence electrons. The SMILES string of the molecule is CN1C(=S)SC2(CCCC2)C12CCCC2. The van der Waals surface area contributed by atoms with Crippen molar-refractivity contribution in [1.82, 2.24) is 4.90 Å². The lowest BCUT2D eigenvalue weighted by Gasteiger charge is -2.43. The molecule has 2 aliphatic carbocycles. The van der Waals surface area contributed by atoms with Crippen LogP contribution in [0.25, 0.3) is 0 Å². The summed E-state index contributed by atoms with van der Waals surface area (Å²) in [4.78, 5) is 2.46. The Morgan fingerprint density at radius 1 is 1.07 bits per heavy atom. The third-order valence-electron chi connectivity index (χ3n) is 4.89. The monoisotopic (exact) mass is 241 g/mol. The van der Waals surface area contributed by atoms with Gasteiger partial charge in [0, 0.05) is 11.8 Å². The smallest absolute Gasteiger partial charge is 0.137 e. The molecule has 0 aromatic carbocycles. The van der Waals surface area contributed by atoms with Crippen LogP contribution < -0.4 is 0 Å². The summed E-state index contributed by atoms with van der Waals surface area (Å²) in [7, 11) is 2.24. The maximum Gasteiger partial charge on any atom is 0.137 e. The van der Waals surface area contributed by atoms with Crippen molar-refractivity contribution in [3.63, 3.8) is 0 Å². The molecule has 0 amide bonds. The Balaban J connectivity index is 2.03. The minimum atomic E-state index is 0.450. The molecule has 3 aliphatic rings. The Morgan fingerprint density at radius 3 is 2.20 bits per heavy atom. The maximum atomic E-state index is 5.55. The van der Waals surface area contributed by atoms with Gasteiger partial charge in [0.2, 0.25) is 0 Å². The van der Waals surface area contributed by atoms with E-state index in [0.717, 1.165) is 0 Å². The Hall–Kier alpha value is 0.240. The number of hydrogen-bond donors (Lipinski definition) is 0. The second-order valence-corrected chi connectivity index (χ2v) is 7.38. The Bertz CT molecular complexity index is 288. The fraction of sp³-hybridized carbons (Fsp3) is 0.917. The van der Waals surface area contributed by atoms with Crippen molar-refractivity contribution in [1.29, 1.82) is 0 Å². The third-order valence-corrected chi connectivity index (χ3v) is 7.04. The van der Waals surface area contributed by atoms with Gasteiger partial charge in [-0.05, 0) is 25.7 Å². The highest BCUT2D eigenvalue weighted by Gasteiger charge is 2.61. The highest BCUT2D eigenvalue weighted by Crippen LogP contribution is 2.62. The van der Waals surface area contributed by atoms with Gasteiger partial charge in [0.25, 0.3) is 0 Å². The second-order valence-electron chi connectivity index (χ2n) is 5.37. The number of thiocarbonyl (C=S) groups is 1. The van der Waals surface area contributed by atoms with E-state index in [1.165, 1.54) is 55.7 Å². The first-order chi connectivity index (χ1) is 7.20. The lowest BCUT2D eigenvalue weighted by molar-refractivity contribution is 0.165. The lowest BCUT2D eigenvalue weighted by Crippen LogP contribution is -2.53. The van der Waals surface area contributed by atoms with Gasteiger partial charge >= 0.3 is 0 Å². The molecule has 0 aromatic rings. The molecule has 1 heterocycles. The fourth-order valence-electron chi connectivity index (χ4n) is 4.08. The molecule has 0 N–H and O–H groups in total. The Labute approximate surface area is 102 Å². The molecular weight excluding hydrogens is 222 g/mol. The summed E-state index contributed by atoms with van der Waals surface area (Å²) in [5.74, 6) is 0. The van der Waals surface area contributed by atoms with Crippen LogP contribution in [0.1, 0.15) is 51.4 Å². The first kappa shape index (κ1) is 10.4. The molecule has 15 heavy (non-hydrogen) atoms. The summed E-state index contributed by atoms with van der Waals surface area (Å²) in [6.45, 7) is 0. The van der Waals surface area contributed by atoms with Crippen LogP contribution in [0.15, 0.2) is 0 Å². The highest BCUT2D eigenvalue weighted by atomic mass is 32.2. The van der Waals surface area contributed by atoms with Gasteiger partial charge in [-0.25, -0.2) is 0 Å². The third kappa shape index (κ3) is 1.20. The summed E-state index contributed by atoms with van der Waals surface area (Å²) in [5, 5.41) is 0. The topological polar surface area (TPSA) is 3.24 Å². The van der Waals surface area contributed by atoms with Crippen LogP contribution in [-0.4, -0.2) is 26.6 Å². The summed E-state index contributed by atoms with van der Waals surface area (Å²) in [5.41, 5.74) is 0.450. The molecule has 0 aromatic heterocycles. The van der Waals surface area contributed by atoms with Crippen molar-refractivity contribution < 1.29 is 0 Å². The predicted octanol–water partition coefficient (Wildman–Crippen LogP) is 3.58. The molecule has 0 unspecified atom stereocenters. The normalized spacial score (nSPS) is 32.3. The maximum absolute atomic E-state index is 5.55. The van der Waals surface area contributed by atoms with Gasteiger partial charge in [0.15, 0.2) is 0 Å². The Morgan fingerprint density at radius 2 is 1.60 bits per heavy atom. The quantitative estimate of drug-likeness (QED) is 0.597. The molecule has 3 fully saturated rings. The van der Waals surface area contributed by atoms with Crippen molar-refractivity contribution >= 4 is 28.3 Å². The molecule has 0 radical (unpaired) electrons. The van der Waals surface area contributed by atoms with E-state index in [4.69, 9.17) is 12.2 Å². The van der Waals surface area contributed by atoms with Gasteiger partial charge in [-0.15, -0.1) is 0 Å². The number of rotatable bonds is 0. The zero-order valence-electron chi connectivity index (χ0n) is 9.42. The standard InChI is InChI=1S/C12H19NS2/c1-13-10(14)15-12(8-4-5-9-12)11(13)6-2-3-7-11/h2-9H2,1H3. The molecule has 2 saturated carbocycles. The minimum absolute atomic E-state index is 0.450. The average molecular weight is 241 g/mol. The van der Waals surface area contributed by atoms with E-state index >= 15 is 0 Å². The van der Waals surface area contributed by atoms with Crippen LogP contribution in [0.5, 0.6) is 0 Å². The molecular formula is C12H19NS2. The zero-order chi connectivity index (χ0) is 10.5. The van der Waals surface area contributed by atoms with Crippen molar-refractivity contribution in [2.45, 2.75) is 61.7 Å². The number of fused-ring (bicyclic) bond motifs is 1. The number of thioether (sulfide) groups is 1. The van der Waals surface area contributed by atoms with E-state index in [2.05, 4.69) is 11.9 Å². The summed E-state index contributed by atoms with van der Waals surface area (Å²) < 4.78 is 1.67. The molecule has 0 atom stereocenters. The van der Waals surface area contributed by atoms with Gasteiger partial charge in [-0.1, -0.05) is 49.7 Å². The molecule has 1 saturated heterocycles. The average Bonchev–Trinajstić information content (AvgIpc) is 2.87. The van der Waals surface area contributed by atoms with Crippen LogP contribution in [0.2, 0.25) is 0 Å². The van der Waals surface area contributed by atoms with Gasteiger partial charge in [-0.3, -0.25) is 0 Å². The van der Waals surface area contributed by atoms with Crippen LogP contribution in [0.4, 0.5) is 0 Å². The molecule has 2 spiro atoms. The zero-order valence-corrected chi connectivity index (χ0v) is 11.1. The van der Waals surface area contributed by atoms with Crippen LogP contribution in [-0.2, 0) is 0 Å². The van der Waals surface area contributed by atoms with E-state index in [1.54, 1.807) is 0 Å². The molecule has 3 heteroatoms. The van der Waals surface area contributed by atoms with E-state index in [0.29, 0.717) is 10.3 Å². The van der Waals surface area contributed by atoms with Crippen molar-refractivity contribution in [2.24, 2.45) is 0 Å². The predicted molar refractivity (Wildman–Crippen MR) is 70.4 cm³/mol. The second kappa shape index (κ2) is 3.36. The van der Waals surface area contributed by atoms with Crippen LogP contribution >= 0.6 is 24.0 Å². The summed E-state index contributed by atoms with van der Waals surface area (Å²) >= 11 is 7.59. The van der Waals surface area contributed by atoms with Crippen molar-refractivity contribution in [3.8, 4) is 0 Å². The van der Waals surface area contributed by atoms with E-state index in [9.17, 15) is 0 Å². The fourth-order valence-corrected chi connectivity index (χ4v) is 6.40. The first-order valence-electron chi connectivity index (χ1n) is 6.17. The molecule has 1 nitrogen and oxygen atoms in total. The lowest BCUT2D eigenvalue weighted by atomic mass is 9.79. The van der Waals surface area contributed by atoms with Crippen LogP contribution in [0, 0.1) is 0 Å². The number of hydrogen-bond acceptors (Lipinski definition) is 2. The minimum Gasteiger partial charge on any atom is -0.353 e. The van der Waals surface area contributed by atoms with Gasteiger partial charge in [-0.2, -0.15) is 0 Å². The molecule has 0 bridgehead atoms. The summed E-state index contributed by atoms with van der Waals surface area (Å²) in [6, 6.07) is 0. The van der Waals surface area contributed by atoms with Gasteiger partial charge in [0.05, 0.1) is 5.54 Å². The van der Waals surface area contributed by atoms with Gasteiger partial charge in [0.1, 0.15) is 4.32 Å². The van der Waals surface area contributed by atoms with Crippen LogP contribution in [0.3, 0.4) is 0 Å². The largest absolute Gasteiger partial charge is 0.353 e. The van der Waals surface area contributed by atoms with Crippen molar-refractivity contribution in [3.05, 3.63) is 0 Å². The highest BCUT2D eigenvalue weighted by molar-refractivity contribution is 8.24. The molecule has 3 rings (SSSR count). The van der Waals surface area contributed by atoms with E-state index in [-0.39, 0.29) is 0 Å². The van der Waals surface area contributed by atoms with E-state index in [1.807, 2.05) is 11.8 Å². The number of nitrogens with zero attached hydrogens (tertiary/aromatic N) is 1. The molecule has 1 aliphatic heterocycles. The van der Waals surface area contributed by atoms with Crippen molar-refractivity contribution in [2.75, 3.05) is 7.05 Å². The Kier molecular flexibility index (Phi) is 2.33. The summed E-state index contributed by atoms with van der Waals surface area (Å²) in [6.07, 6.45) is 11.2. The van der Waals surface area contributed by atoms with Gasteiger partial charge < -0.3 is 4.90 Å². The first-order valence-corrected chi connectivity index (χ1v) is 7.40. The van der Waals surface area contributed by atoms with E-state index < -0.39 is 0 Å².